The third-order valence-corrected chi connectivity index (χ3v) is 4.22. The molecule has 0 atom stereocenters. The van der Waals surface area contributed by atoms with Crippen LogP contribution < -0.4 is 5.32 Å². The topological polar surface area (TPSA) is 42.0 Å². The molecule has 1 N–H and O–H groups in total. The van der Waals surface area contributed by atoms with E-state index in [0.29, 0.717) is 16.7 Å². The van der Waals surface area contributed by atoms with Crippen LogP contribution in [0, 0.1) is 13.8 Å². The van der Waals surface area contributed by atoms with Crippen LogP contribution in [-0.2, 0) is 6.54 Å². The molecule has 18 heavy (non-hydrogen) atoms. The molecule has 0 aliphatic rings. The molecule has 3 nitrogen and oxygen atoms in total. The van der Waals surface area contributed by atoms with Crippen LogP contribution in [0.4, 0.5) is 0 Å². The first-order valence-corrected chi connectivity index (χ1v) is 7.13. The molecule has 0 radical (unpaired) electrons. The van der Waals surface area contributed by atoms with Crippen LogP contribution in [0.15, 0.2) is 29.0 Å². The third kappa shape index (κ3) is 3.17. The van der Waals surface area contributed by atoms with E-state index < -0.39 is 0 Å². The van der Waals surface area contributed by atoms with Crippen LogP contribution in [0.3, 0.4) is 0 Å². The predicted molar refractivity (Wildman–Crippen MR) is 76.9 cm³/mol. The van der Waals surface area contributed by atoms with Gasteiger partial charge in [-0.05, 0) is 53.5 Å². The number of nitrogens with zero attached hydrogens (tertiary/aromatic N) is 1. The summed E-state index contributed by atoms with van der Waals surface area (Å²) in [5, 5.41) is 2.91. The van der Waals surface area contributed by atoms with Crippen LogP contribution in [-0.4, -0.2) is 10.9 Å². The Morgan fingerprint density at radius 3 is 2.83 bits per heavy atom. The fourth-order valence-electron chi connectivity index (χ4n) is 1.55. The van der Waals surface area contributed by atoms with Gasteiger partial charge in [0.15, 0.2) is 0 Å². The maximum Gasteiger partial charge on any atom is 0.251 e. The van der Waals surface area contributed by atoms with Gasteiger partial charge in [-0.1, -0.05) is 0 Å². The zero-order valence-corrected chi connectivity index (χ0v) is 12.6. The van der Waals surface area contributed by atoms with Crippen LogP contribution in [0.1, 0.15) is 25.7 Å². The van der Waals surface area contributed by atoms with E-state index in [9.17, 15) is 4.79 Å². The maximum absolute atomic E-state index is 11.9. The van der Waals surface area contributed by atoms with Gasteiger partial charge in [-0.3, -0.25) is 4.79 Å². The highest BCUT2D eigenvalue weighted by Gasteiger charge is 2.07. The number of thiophene rings is 1. The number of aromatic nitrogens is 1. The average molecular weight is 325 g/mol. The Kier molecular flexibility index (Phi) is 4.14. The molecule has 2 aromatic heterocycles. The van der Waals surface area contributed by atoms with Crippen molar-refractivity contribution in [1.82, 2.24) is 10.3 Å². The lowest BCUT2D eigenvalue weighted by atomic mass is 10.2. The molecule has 1 amide bonds. The summed E-state index contributed by atoms with van der Waals surface area (Å²) in [5.41, 5.74) is 1.89. The first kappa shape index (κ1) is 13.2. The quantitative estimate of drug-likeness (QED) is 0.878. The van der Waals surface area contributed by atoms with E-state index in [1.54, 1.807) is 29.7 Å². The minimum absolute atomic E-state index is 0.0817. The summed E-state index contributed by atoms with van der Waals surface area (Å²) in [4.78, 5) is 18.4. The largest absolute Gasteiger partial charge is 0.347 e. The third-order valence-electron chi connectivity index (χ3n) is 2.63. The second-order valence-electron chi connectivity index (χ2n) is 4.00. The summed E-state index contributed by atoms with van der Waals surface area (Å²) in [6.07, 6.45) is 1.61. The van der Waals surface area contributed by atoms with E-state index in [0.717, 1.165) is 0 Å². The number of amides is 1. The molecule has 0 bridgehead atoms. The smallest absolute Gasteiger partial charge is 0.251 e. The molecule has 0 unspecified atom stereocenters. The molecule has 0 spiro atoms. The highest BCUT2D eigenvalue weighted by atomic mass is 79.9. The van der Waals surface area contributed by atoms with Crippen LogP contribution >= 0.6 is 27.3 Å². The number of rotatable bonds is 3. The Hall–Kier alpha value is -1.20. The molecule has 2 aromatic rings. The van der Waals surface area contributed by atoms with Gasteiger partial charge in [-0.2, -0.15) is 0 Å². The molecule has 0 saturated heterocycles. The van der Waals surface area contributed by atoms with Crippen molar-refractivity contribution >= 4 is 33.2 Å². The van der Waals surface area contributed by atoms with Crippen molar-refractivity contribution in [2.45, 2.75) is 20.4 Å². The van der Waals surface area contributed by atoms with Crippen LogP contribution in [0.25, 0.3) is 0 Å². The summed E-state index contributed by atoms with van der Waals surface area (Å²) >= 11 is 4.97. The minimum atomic E-state index is -0.0817. The molecular formula is C13H13BrN2OS. The second kappa shape index (κ2) is 5.63. The lowest BCUT2D eigenvalue weighted by Crippen LogP contribution is -2.22. The van der Waals surface area contributed by atoms with E-state index in [4.69, 9.17) is 0 Å². The van der Waals surface area contributed by atoms with Crippen molar-refractivity contribution in [3.63, 3.8) is 0 Å². The van der Waals surface area contributed by atoms with E-state index >= 15 is 0 Å². The number of nitrogens with one attached hydrogen (secondary N) is 1. The Balaban J connectivity index is 2.00. The molecule has 0 fully saturated rings. The van der Waals surface area contributed by atoms with Crippen molar-refractivity contribution in [2.24, 2.45) is 0 Å². The zero-order valence-electron chi connectivity index (χ0n) is 10.2. The zero-order chi connectivity index (χ0) is 13.1. The van der Waals surface area contributed by atoms with E-state index in [1.807, 2.05) is 0 Å². The van der Waals surface area contributed by atoms with Gasteiger partial charge in [-0.15, -0.1) is 11.3 Å². The first-order valence-electron chi connectivity index (χ1n) is 5.52. The normalized spacial score (nSPS) is 10.4. The molecule has 2 heterocycles. The molecule has 2 rings (SSSR count). The van der Waals surface area contributed by atoms with Gasteiger partial charge in [0.2, 0.25) is 0 Å². The fourth-order valence-corrected chi connectivity index (χ4v) is 2.91. The first-order chi connectivity index (χ1) is 8.56. The fraction of sp³-hybridized carbons (Fsp3) is 0.231. The van der Waals surface area contributed by atoms with Crippen molar-refractivity contribution in [3.05, 3.63) is 49.9 Å². The minimum Gasteiger partial charge on any atom is -0.347 e. The van der Waals surface area contributed by atoms with Gasteiger partial charge in [0.25, 0.3) is 5.91 Å². The molecule has 0 aromatic carbocycles. The molecule has 0 saturated carbocycles. The van der Waals surface area contributed by atoms with E-state index in [1.165, 1.54) is 15.3 Å². The van der Waals surface area contributed by atoms with Gasteiger partial charge in [0, 0.05) is 21.5 Å². The van der Waals surface area contributed by atoms with Gasteiger partial charge in [0.05, 0.1) is 6.54 Å². The van der Waals surface area contributed by atoms with E-state index in [2.05, 4.69) is 46.1 Å². The van der Waals surface area contributed by atoms with Gasteiger partial charge < -0.3 is 5.32 Å². The van der Waals surface area contributed by atoms with Crippen molar-refractivity contribution in [2.75, 3.05) is 0 Å². The number of carbonyl (C=O) groups is 1. The second-order valence-corrected chi connectivity index (χ2v) is 6.16. The summed E-state index contributed by atoms with van der Waals surface area (Å²) in [7, 11) is 0. The van der Waals surface area contributed by atoms with Crippen molar-refractivity contribution in [3.8, 4) is 0 Å². The predicted octanol–water partition coefficient (Wildman–Crippen LogP) is 3.45. The summed E-state index contributed by atoms with van der Waals surface area (Å²) in [6, 6.07) is 5.52. The Morgan fingerprint density at radius 1 is 1.44 bits per heavy atom. The van der Waals surface area contributed by atoms with E-state index in [-0.39, 0.29) is 5.91 Å². The number of carbonyl (C=O) groups excluding carboxylic acids is 1. The highest BCUT2D eigenvalue weighted by Crippen LogP contribution is 2.20. The number of hydrogen-bond donors (Lipinski definition) is 1. The lowest BCUT2D eigenvalue weighted by molar-refractivity contribution is 0.0951. The van der Waals surface area contributed by atoms with Gasteiger partial charge >= 0.3 is 0 Å². The van der Waals surface area contributed by atoms with Crippen molar-refractivity contribution in [1.29, 1.82) is 0 Å². The number of aryl methyl sites for hydroxylation is 2. The monoisotopic (exact) mass is 324 g/mol. The van der Waals surface area contributed by atoms with Crippen LogP contribution in [0.2, 0.25) is 0 Å². The van der Waals surface area contributed by atoms with Crippen LogP contribution in [0.5, 0.6) is 0 Å². The number of halogens is 1. The molecule has 0 aliphatic carbocycles. The standard InChI is InChI=1S/C13H13BrN2OS/c1-8-5-11(18-9(8)2)7-16-13(17)10-3-4-15-12(14)6-10/h3-6H,7H2,1-2H3,(H,16,17). The van der Waals surface area contributed by atoms with Gasteiger partial charge in [0.1, 0.15) is 4.60 Å². The highest BCUT2D eigenvalue weighted by molar-refractivity contribution is 9.10. The lowest BCUT2D eigenvalue weighted by Gasteiger charge is -2.03. The summed E-state index contributed by atoms with van der Waals surface area (Å²) < 4.78 is 0.665. The Bertz CT molecular complexity index is 561. The number of pyridine rings is 1. The average Bonchev–Trinajstić information content (AvgIpc) is 2.66. The van der Waals surface area contributed by atoms with Gasteiger partial charge in [-0.25, -0.2) is 4.98 Å². The molecule has 0 aliphatic heterocycles. The summed E-state index contributed by atoms with van der Waals surface area (Å²) in [5.74, 6) is -0.0817. The molecule has 5 heteroatoms. The number of hydrogen-bond acceptors (Lipinski definition) is 3. The van der Waals surface area contributed by atoms with Crippen molar-refractivity contribution < 1.29 is 4.79 Å². The summed E-state index contributed by atoms with van der Waals surface area (Å²) in [6.45, 7) is 4.74. The molecule has 94 valence electrons. The maximum atomic E-state index is 11.9. The Morgan fingerprint density at radius 2 is 2.22 bits per heavy atom. The molecular weight excluding hydrogens is 312 g/mol. The Labute approximate surface area is 118 Å². The SMILES string of the molecule is Cc1cc(CNC(=O)c2ccnc(Br)c2)sc1C.